The molecular formula is C31H30ClFN6O4. The zero-order valence-corrected chi connectivity index (χ0v) is 24.3. The molecule has 4 heterocycles. The van der Waals surface area contributed by atoms with Crippen LogP contribution in [0.15, 0.2) is 48.5 Å². The summed E-state index contributed by atoms with van der Waals surface area (Å²) in [5.74, 6) is 0.381. The van der Waals surface area contributed by atoms with E-state index in [0.29, 0.717) is 41.9 Å². The maximum atomic E-state index is 14.3. The van der Waals surface area contributed by atoms with Gasteiger partial charge in [-0.15, -0.1) is 0 Å². The van der Waals surface area contributed by atoms with E-state index >= 15 is 0 Å². The Morgan fingerprint density at radius 2 is 1.98 bits per heavy atom. The molecule has 1 N–H and O–H groups in total. The number of fused-ring (bicyclic) bond motifs is 1. The zero-order valence-electron chi connectivity index (χ0n) is 23.5. The van der Waals surface area contributed by atoms with Crippen molar-refractivity contribution in [1.82, 2.24) is 19.4 Å². The lowest BCUT2D eigenvalue weighted by molar-refractivity contribution is -0.0594. The number of hydrogen-bond acceptors (Lipinski definition) is 7. The van der Waals surface area contributed by atoms with Crippen LogP contribution in [0.3, 0.4) is 0 Å². The minimum absolute atomic E-state index is 0.0155. The lowest BCUT2D eigenvalue weighted by Crippen LogP contribution is -2.48. The fourth-order valence-electron chi connectivity index (χ4n) is 5.49. The molecule has 2 fully saturated rings. The minimum Gasteiger partial charge on any atom is -0.478 e. The van der Waals surface area contributed by atoms with Crippen LogP contribution in [0, 0.1) is 12.4 Å². The summed E-state index contributed by atoms with van der Waals surface area (Å²) in [6.45, 7) is 13.4. The zero-order chi connectivity index (χ0) is 30.1. The molecule has 0 bridgehead atoms. The van der Waals surface area contributed by atoms with Gasteiger partial charge in [0.2, 0.25) is 5.88 Å². The number of aromatic nitrogens is 3. The van der Waals surface area contributed by atoms with Crippen LogP contribution in [0.1, 0.15) is 41.1 Å². The predicted molar refractivity (Wildman–Crippen MR) is 159 cm³/mol. The Morgan fingerprint density at radius 3 is 2.65 bits per heavy atom. The number of carboxylic acids is 1. The fourth-order valence-corrected chi connectivity index (χ4v) is 5.68. The quantitative estimate of drug-likeness (QED) is 0.242. The molecule has 0 radical (unpaired) electrons. The molecule has 6 rings (SSSR count). The minimum atomic E-state index is -0.967. The van der Waals surface area contributed by atoms with E-state index in [-0.39, 0.29) is 30.0 Å². The number of piperazine rings is 1. The predicted octanol–water partition coefficient (Wildman–Crippen LogP) is 5.72. The first kappa shape index (κ1) is 28.9. The van der Waals surface area contributed by atoms with Crippen molar-refractivity contribution in [3.63, 3.8) is 0 Å². The number of rotatable bonds is 9. The van der Waals surface area contributed by atoms with Crippen molar-refractivity contribution < 1.29 is 23.8 Å². The van der Waals surface area contributed by atoms with E-state index in [1.54, 1.807) is 36.4 Å². The molecule has 0 spiro atoms. The second-order valence-corrected chi connectivity index (χ2v) is 11.2. The van der Waals surface area contributed by atoms with Gasteiger partial charge in [0, 0.05) is 49.4 Å². The Morgan fingerprint density at radius 1 is 1.19 bits per heavy atom. The van der Waals surface area contributed by atoms with Crippen molar-refractivity contribution >= 4 is 40.1 Å². The SMILES string of the molecule is [C-]#[N+]c1ccc(COc2cc(Cl)cc(N3CCN([C@@H](C)c4nc5ccc(C(=O)O)cc5n4CC4CCO4)CC3)n2)c(F)c1. The molecule has 0 saturated carbocycles. The molecule has 43 heavy (non-hydrogen) atoms. The number of halogens is 2. The van der Waals surface area contributed by atoms with Crippen LogP contribution in [-0.4, -0.2) is 69.4 Å². The summed E-state index contributed by atoms with van der Waals surface area (Å²) in [7, 11) is 0. The third kappa shape index (κ3) is 6.13. The highest BCUT2D eigenvalue weighted by atomic mass is 35.5. The Hall–Kier alpha value is -4.24. The average Bonchev–Trinajstić information content (AvgIpc) is 3.35. The average molecular weight is 605 g/mol. The number of hydrogen-bond donors (Lipinski definition) is 1. The topological polar surface area (TPSA) is 97.3 Å². The van der Waals surface area contributed by atoms with Crippen molar-refractivity contribution in [2.75, 3.05) is 37.7 Å². The molecule has 222 valence electrons. The number of nitrogens with zero attached hydrogens (tertiary/aromatic N) is 6. The van der Waals surface area contributed by atoms with E-state index in [0.717, 1.165) is 43.0 Å². The molecule has 12 heteroatoms. The molecule has 10 nitrogen and oxygen atoms in total. The van der Waals surface area contributed by atoms with Crippen LogP contribution in [-0.2, 0) is 17.9 Å². The Labute approximate surface area is 253 Å². The number of carbonyl (C=O) groups is 1. The number of anilines is 1. The third-order valence-corrected chi connectivity index (χ3v) is 8.28. The molecule has 2 aliphatic heterocycles. The molecular weight excluding hydrogens is 575 g/mol. The summed E-state index contributed by atoms with van der Waals surface area (Å²) in [6, 6.07) is 12.7. The highest BCUT2D eigenvalue weighted by Gasteiger charge is 2.29. The summed E-state index contributed by atoms with van der Waals surface area (Å²) in [5, 5.41) is 10.0. The summed E-state index contributed by atoms with van der Waals surface area (Å²) >= 11 is 6.40. The fraction of sp³-hybridized carbons (Fsp3) is 0.355. The van der Waals surface area contributed by atoms with E-state index in [2.05, 4.69) is 31.1 Å². The van der Waals surface area contributed by atoms with Crippen molar-refractivity contribution in [2.45, 2.75) is 38.6 Å². The maximum absolute atomic E-state index is 14.3. The van der Waals surface area contributed by atoms with Crippen LogP contribution in [0.2, 0.25) is 5.02 Å². The third-order valence-electron chi connectivity index (χ3n) is 8.06. The number of aromatic carboxylic acids is 1. The van der Waals surface area contributed by atoms with Gasteiger partial charge in [0.1, 0.15) is 24.1 Å². The van der Waals surface area contributed by atoms with Gasteiger partial charge in [0.05, 0.1) is 41.9 Å². The van der Waals surface area contributed by atoms with Crippen molar-refractivity contribution in [1.29, 1.82) is 0 Å². The highest BCUT2D eigenvalue weighted by Crippen LogP contribution is 2.30. The van der Waals surface area contributed by atoms with Gasteiger partial charge in [-0.1, -0.05) is 23.7 Å². The monoisotopic (exact) mass is 604 g/mol. The molecule has 4 aromatic rings. The van der Waals surface area contributed by atoms with Crippen LogP contribution >= 0.6 is 11.6 Å². The molecule has 0 amide bonds. The number of ether oxygens (including phenoxy) is 2. The molecule has 2 saturated heterocycles. The van der Waals surface area contributed by atoms with Crippen molar-refractivity contribution in [3.8, 4) is 5.88 Å². The molecule has 2 aromatic carbocycles. The van der Waals surface area contributed by atoms with E-state index in [1.807, 2.05) is 0 Å². The smallest absolute Gasteiger partial charge is 0.335 e. The lowest BCUT2D eigenvalue weighted by Gasteiger charge is -2.38. The van der Waals surface area contributed by atoms with Crippen LogP contribution < -0.4 is 9.64 Å². The van der Waals surface area contributed by atoms with Gasteiger partial charge in [-0.25, -0.2) is 19.0 Å². The normalized spacial score (nSPS) is 17.8. The number of benzene rings is 2. The second-order valence-electron chi connectivity index (χ2n) is 10.7. The van der Waals surface area contributed by atoms with Gasteiger partial charge in [-0.3, -0.25) is 4.90 Å². The molecule has 1 unspecified atom stereocenters. The molecule has 2 aliphatic rings. The molecule has 0 aliphatic carbocycles. The summed E-state index contributed by atoms with van der Waals surface area (Å²) in [4.78, 5) is 28.9. The Balaban J connectivity index is 1.15. The summed E-state index contributed by atoms with van der Waals surface area (Å²) in [6.07, 6.45) is 1.06. The first-order valence-electron chi connectivity index (χ1n) is 14.1. The number of pyridine rings is 1. The largest absolute Gasteiger partial charge is 0.478 e. The van der Waals surface area contributed by atoms with Gasteiger partial charge in [-0.2, -0.15) is 4.98 Å². The van der Waals surface area contributed by atoms with Crippen molar-refractivity contribution in [2.24, 2.45) is 0 Å². The molecule has 2 aromatic heterocycles. The van der Waals surface area contributed by atoms with Gasteiger partial charge >= 0.3 is 5.97 Å². The van der Waals surface area contributed by atoms with Gasteiger partial charge in [0.15, 0.2) is 5.69 Å². The van der Waals surface area contributed by atoms with E-state index < -0.39 is 11.8 Å². The second kappa shape index (κ2) is 12.2. The van der Waals surface area contributed by atoms with Crippen molar-refractivity contribution in [3.05, 3.63) is 87.7 Å². The summed E-state index contributed by atoms with van der Waals surface area (Å²) in [5.41, 5.74) is 2.36. The maximum Gasteiger partial charge on any atom is 0.335 e. The number of imidazole rings is 1. The van der Waals surface area contributed by atoms with Gasteiger partial charge in [-0.05, 0) is 43.7 Å². The van der Waals surface area contributed by atoms with E-state index in [9.17, 15) is 14.3 Å². The van der Waals surface area contributed by atoms with Gasteiger partial charge < -0.3 is 24.0 Å². The van der Waals surface area contributed by atoms with Crippen LogP contribution in [0.25, 0.3) is 15.9 Å². The van der Waals surface area contributed by atoms with Crippen LogP contribution in [0.5, 0.6) is 5.88 Å². The summed E-state index contributed by atoms with van der Waals surface area (Å²) < 4.78 is 27.9. The number of carboxylic acid groups (broad SMARTS) is 1. The molecule has 2 atom stereocenters. The van der Waals surface area contributed by atoms with Gasteiger partial charge in [0.25, 0.3) is 0 Å². The van der Waals surface area contributed by atoms with E-state index in [1.165, 1.54) is 12.1 Å². The van der Waals surface area contributed by atoms with Crippen LogP contribution in [0.4, 0.5) is 15.9 Å². The Bertz CT molecular complexity index is 1710. The first-order valence-corrected chi connectivity index (χ1v) is 14.5. The van der Waals surface area contributed by atoms with E-state index in [4.69, 9.17) is 32.6 Å². The standard InChI is InChI=1S/C31H30ClFN6O4/c1-19(30-35-26-6-4-20(31(40)41)13-27(26)39(30)17-24-7-12-42-24)37-8-10-38(11-9-37)28-14-22(32)15-29(36-28)43-18-21-3-5-23(34-2)16-25(21)33/h3-6,13-16,19,24H,7-12,17-18H2,1H3,(H,40,41)/t19-,24?/m0/s1. The Kier molecular flexibility index (Phi) is 8.17. The lowest BCUT2D eigenvalue weighted by atomic mass is 10.1. The highest BCUT2D eigenvalue weighted by molar-refractivity contribution is 6.30. The first-order chi connectivity index (χ1) is 20.8.